The topological polar surface area (TPSA) is 35.6 Å². The molecule has 0 N–H and O–H groups in total. The molecular weight excluding hydrogens is 616 g/mol. The normalized spacial score (nSPS) is 11.7. The van der Waals surface area contributed by atoms with E-state index in [2.05, 4.69) is 134 Å². The Kier molecular flexibility index (Phi) is 8.12. The maximum atomic E-state index is 14.1. The second kappa shape index (κ2) is 12.9. The number of rotatable bonds is 8. The summed E-state index contributed by atoms with van der Waals surface area (Å²) in [4.78, 5) is 9.86. The molecule has 4 nitrogen and oxygen atoms in total. The van der Waals surface area contributed by atoms with Crippen LogP contribution in [0.5, 0.6) is 0 Å². The molecule has 0 spiro atoms. The van der Waals surface area contributed by atoms with E-state index in [0.717, 1.165) is 57.0 Å². The van der Waals surface area contributed by atoms with Gasteiger partial charge in [-0.25, -0.2) is 14.4 Å². The Balaban J connectivity index is 1.23. The number of fused-ring (bicyclic) bond motifs is 3. The molecule has 0 atom stereocenters. The van der Waals surface area contributed by atoms with E-state index in [1.54, 1.807) is 0 Å². The zero-order valence-electron chi connectivity index (χ0n) is 28.8. The Morgan fingerprint density at radius 1 is 0.600 bits per heavy atom. The van der Waals surface area contributed by atoms with Crippen LogP contribution in [0.4, 0.5) is 4.39 Å². The summed E-state index contributed by atoms with van der Waals surface area (Å²) in [7, 11) is 0. The van der Waals surface area contributed by atoms with Gasteiger partial charge in [0.2, 0.25) is 0 Å². The number of halogens is 1. The van der Waals surface area contributed by atoms with Gasteiger partial charge in [-0.15, -0.1) is 0 Å². The van der Waals surface area contributed by atoms with Crippen LogP contribution in [0.2, 0.25) is 0 Å². The molecule has 3 heterocycles. The van der Waals surface area contributed by atoms with Crippen LogP contribution >= 0.6 is 0 Å². The van der Waals surface area contributed by atoms with Gasteiger partial charge in [0.25, 0.3) is 0 Å². The first-order valence-corrected chi connectivity index (χ1v) is 17.4. The van der Waals surface area contributed by atoms with Gasteiger partial charge in [-0.3, -0.25) is 9.13 Å². The highest BCUT2D eigenvalue weighted by Gasteiger charge is 2.23. The zero-order valence-corrected chi connectivity index (χ0v) is 28.8. The Bertz CT molecular complexity index is 2400. The van der Waals surface area contributed by atoms with Crippen molar-refractivity contribution in [2.75, 3.05) is 0 Å². The van der Waals surface area contributed by atoms with E-state index in [4.69, 9.17) is 9.97 Å². The van der Waals surface area contributed by atoms with Crippen molar-refractivity contribution in [2.45, 2.75) is 46.0 Å². The van der Waals surface area contributed by atoms with Crippen molar-refractivity contribution >= 4 is 21.9 Å². The fraction of sp³-hybridized carbons (Fsp3) is 0.156. The van der Waals surface area contributed by atoms with Crippen molar-refractivity contribution < 1.29 is 4.39 Å². The van der Waals surface area contributed by atoms with Crippen molar-refractivity contribution in [2.24, 2.45) is 0 Å². The highest BCUT2D eigenvalue weighted by atomic mass is 19.1. The van der Waals surface area contributed by atoms with E-state index >= 15 is 0 Å². The molecule has 0 unspecified atom stereocenters. The molecule has 50 heavy (non-hydrogen) atoms. The SMILES string of the molecule is CC(C)c1cccc(C(C)C)c1-n1c(-c2ccc(F)cc2)cnc1-c1cccc(Cc2cccc(-n3c4ccccc4c4cccnc43)c2)c1. The predicted molar refractivity (Wildman–Crippen MR) is 204 cm³/mol. The maximum absolute atomic E-state index is 14.1. The standard InChI is InChI=1S/C45H39FN4/c1-29(2)37-16-9-17-38(30(3)4)43(37)50-42(33-20-22-35(46)23-21-33)28-48-44(50)34-13-7-11-31(26-34)25-32-12-8-14-36(27-32)49-41-19-6-5-15-39(41)40-18-10-24-47-45(40)49/h5-24,26-30H,25H2,1-4H3. The molecule has 246 valence electrons. The molecule has 0 aliphatic heterocycles. The van der Waals surface area contributed by atoms with Gasteiger partial charge >= 0.3 is 0 Å². The number of pyridine rings is 1. The number of hydrogen-bond acceptors (Lipinski definition) is 2. The van der Waals surface area contributed by atoms with Gasteiger partial charge in [-0.05, 0) is 101 Å². The minimum Gasteiger partial charge on any atom is -0.294 e. The number of benzene rings is 5. The molecule has 0 aliphatic carbocycles. The molecule has 0 bridgehead atoms. The Hall–Kier alpha value is -5.81. The highest BCUT2D eigenvalue weighted by molar-refractivity contribution is 6.07. The molecular formula is C45H39FN4. The molecule has 0 amide bonds. The molecule has 8 aromatic rings. The molecule has 3 aromatic heterocycles. The lowest BCUT2D eigenvalue weighted by Crippen LogP contribution is -2.10. The lowest BCUT2D eigenvalue weighted by Gasteiger charge is -2.24. The average molecular weight is 655 g/mol. The van der Waals surface area contributed by atoms with Gasteiger partial charge in [-0.2, -0.15) is 0 Å². The number of aromatic nitrogens is 4. The molecule has 0 saturated heterocycles. The van der Waals surface area contributed by atoms with E-state index in [1.807, 2.05) is 30.6 Å². The van der Waals surface area contributed by atoms with Crippen LogP contribution in [-0.2, 0) is 6.42 Å². The molecule has 5 aromatic carbocycles. The number of imidazole rings is 1. The first kappa shape index (κ1) is 31.5. The third kappa shape index (κ3) is 5.59. The van der Waals surface area contributed by atoms with Crippen LogP contribution in [0.25, 0.3) is 56.0 Å². The molecule has 0 fully saturated rings. The van der Waals surface area contributed by atoms with Gasteiger partial charge in [0.05, 0.1) is 23.1 Å². The van der Waals surface area contributed by atoms with E-state index < -0.39 is 0 Å². The Morgan fingerprint density at radius 3 is 2.04 bits per heavy atom. The summed E-state index contributed by atoms with van der Waals surface area (Å²) in [5.74, 6) is 1.20. The lowest BCUT2D eigenvalue weighted by molar-refractivity contribution is 0.628. The lowest BCUT2D eigenvalue weighted by atomic mass is 9.92. The minimum atomic E-state index is -0.253. The van der Waals surface area contributed by atoms with Gasteiger partial charge in [0, 0.05) is 33.8 Å². The summed E-state index contributed by atoms with van der Waals surface area (Å²) in [5.41, 5.74) is 12.2. The van der Waals surface area contributed by atoms with Crippen molar-refractivity contribution in [3.63, 3.8) is 0 Å². The summed E-state index contributed by atoms with van der Waals surface area (Å²) in [6.45, 7) is 8.95. The maximum Gasteiger partial charge on any atom is 0.145 e. The monoisotopic (exact) mass is 654 g/mol. The summed E-state index contributed by atoms with van der Waals surface area (Å²) < 4.78 is 18.6. The van der Waals surface area contributed by atoms with Crippen molar-refractivity contribution in [1.29, 1.82) is 0 Å². The van der Waals surface area contributed by atoms with E-state index in [-0.39, 0.29) is 5.82 Å². The second-order valence-corrected chi connectivity index (χ2v) is 13.7. The molecule has 8 rings (SSSR count). The van der Waals surface area contributed by atoms with Crippen LogP contribution in [-0.4, -0.2) is 19.1 Å². The largest absolute Gasteiger partial charge is 0.294 e. The third-order valence-corrected chi connectivity index (χ3v) is 9.66. The van der Waals surface area contributed by atoms with Crippen molar-refractivity contribution in [1.82, 2.24) is 19.1 Å². The van der Waals surface area contributed by atoms with Crippen molar-refractivity contribution in [3.8, 4) is 34.0 Å². The molecule has 0 aliphatic rings. The molecule has 0 radical (unpaired) electrons. The zero-order chi connectivity index (χ0) is 34.4. The molecule has 5 heteroatoms. The summed E-state index contributed by atoms with van der Waals surface area (Å²) in [6.07, 6.45) is 4.55. The van der Waals surface area contributed by atoms with Gasteiger partial charge in [0.15, 0.2) is 0 Å². The predicted octanol–water partition coefficient (Wildman–Crippen LogP) is 11.7. The van der Waals surface area contributed by atoms with Crippen molar-refractivity contribution in [3.05, 3.63) is 168 Å². The third-order valence-electron chi connectivity index (χ3n) is 9.66. The van der Waals surface area contributed by atoms with Crippen LogP contribution < -0.4 is 0 Å². The quantitative estimate of drug-likeness (QED) is 0.163. The summed E-state index contributed by atoms with van der Waals surface area (Å²) in [5, 5.41) is 2.35. The summed E-state index contributed by atoms with van der Waals surface area (Å²) >= 11 is 0. The summed E-state index contributed by atoms with van der Waals surface area (Å²) in [6, 6.07) is 43.5. The average Bonchev–Trinajstić information content (AvgIpc) is 3.72. The van der Waals surface area contributed by atoms with E-state index in [9.17, 15) is 4.39 Å². The Morgan fingerprint density at radius 2 is 1.28 bits per heavy atom. The van der Waals surface area contributed by atoms with Crippen LogP contribution in [0.1, 0.15) is 61.8 Å². The fourth-order valence-corrected chi connectivity index (χ4v) is 7.29. The number of hydrogen-bond donors (Lipinski definition) is 0. The Labute approximate surface area is 292 Å². The minimum absolute atomic E-state index is 0.253. The van der Waals surface area contributed by atoms with Crippen LogP contribution in [0.15, 0.2) is 140 Å². The van der Waals surface area contributed by atoms with Gasteiger partial charge < -0.3 is 0 Å². The van der Waals surface area contributed by atoms with Crippen LogP contribution in [0, 0.1) is 5.82 Å². The number of para-hydroxylation sites is 2. The van der Waals surface area contributed by atoms with Gasteiger partial charge in [-0.1, -0.05) is 94.4 Å². The van der Waals surface area contributed by atoms with E-state index in [1.165, 1.54) is 39.8 Å². The van der Waals surface area contributed by atoms with E-state index in [0.29, 0.717) is 11.8 Å². The smallest absolute Gasteiger partial charge is 0.145 e. The molecule has 0 saturated carbocycles. The van der Waals surface area contributed by atoms with Crippen LogP contribution in [0.3, 0.4) is 0 Å². The first-order valence-electron chi connectivity index (χ1n) is 17.4. The second-order valence-electron chi connectivity index (χ2n) is 13.7. The fourth-order valence-electron chi connectivity index (χ4n) is 7.29. The number of nitrogens with zero attached hydrogens (tertiary/aromatic N) is 4. The highest BCUT2D eigenvalue weighted by Crippen LogP contribution is 2.38. The van der Waals surface area contributed by atoms with Gasteiger partial charge in [0.1, 0.15) is 17.3 Å². The first-order chi connectivity index (χ1) is 24.4.